The predicted molar refractivity (Wildman–Crippen MR) is 65.9 cm³/mol. The first-order chi connectivity index (χ1) is 8.34. The quantitative estimate of drug-likeness (QED) is 0.861. The molecule has 1 fully saturated rings. The number of fused-ring (bicyclic) bond motifs is 1. The Bertz CT molecular complexity index is 424. The molecule has 2 unspecified atom stereocenters. The lowest BCUT2D eigenvalue weighted by Crippen LogP contribution is -2.26. The van der Waals surface area contributed by atoms with Gasteiger partial charge in [-0.25, -0.2) is 0 Å². The Morgan fingerprint density at radius 1 is 1.47 bits per heavy atom. The maximum Gasteiger partial charge on any atom is 0.143 e. The Morgan fingerprint density at radius 2 is 2.41 bits per heavy atom. The standard InChI is InChI=1S/C14H18N2O/c17-13(9-11-4-2-7-15-11)12-6-5-10-3-1-8-16-14(10)12/h1,3,8,11-12,15H,2,4-7,9H2. The zero-order valence-corrected chi connectivity index (χ0v) is 9.98. The van der Waals surface area contributed by atoms with Gasteiger partial charge in [0.15, 0.2) is 0 Å². The Morgan fingerprint density at radius 3 is 3.24 bits per heavy atom. The number of Topliss-reactive ketones (excluding diaryl/α,β-unsaturated/α-hetero) is 1. The van der Waals surface area contributed by atoms with E-state index in [2.05, 4.69) is 16.4 Å². The summed E-state index contributed by atoms with van der Waals surface area (Å²) in [6.45, 7) is 1.07. The largest absolute Gasteiger partial charge is 0.314 e. The second kappa shape index (κ2) is 4.57. The average molecular weight is 230 g/mol. The minimum absolute atomic E-state index is 0.0635. The number of pyridine rings is 1. The molecule has 17 heavy (non-hydrogen) atoms. The van der Waals surface area contributed by atoms with Gasteiger partial charge in [0.1, 0.15) is 5.78 Å². The molecule has 0 bridgehead atoms. The molecule has 2 atom stereocenters. The lowest BCUT2D eigenvalue weighted by Gasteiger charge is -2.13. The van der Waals surface area contributed by atoms with Crippen LogP contribution in [0.4, 0.5) is 0 Å². The third kappa shape index (κ3) is 2.12. The summed E-state index contributed by atoms with van der Waals surface area (Å²) in [6.07, 6.45) is 6.81. The molecule has 3 heteroatoms. The van der Waals surface area contributed by atoms with E-state index in [4.69, 9.17) is 0 Å². The molecule has 1 aromatic rings. The molecule has 2 aliphatic rings. The third-order valence-electron chi connectivity index (χ3n) is 3.96. The summed E-state index contributed by atoms with van der Waals surface area (Å²) in [6, 6.07) is 4.48. The number of rotatable bonds is 3. The van der Waals surface area contributed by atoms with Crippen LogP contribution in [0.25, 0.3) is 0 Å². The van der Waals surface area contributed by atoms with Gasteiger partial charge in [0.2, 0.25) is 0 Å². The zero-order valence-electron chi connectivity index (χ0n) is 9.98. The van der Waals surface area contributed by atoms with Crippen molar-refractivity contribution in [3.8, 4) is 0 Å². The summed E-state index contributed by atoms with van der Waals surface area (Å²) in [5.74, 6) is 0.440. The Labute approximate surface area is 102 Å². The number of ketones is 1. The lowest BCUT2D eigenvalue weighted by atomic mass is 9.95. The van der Waals surface area contributed by atoms with Crippen LogP contribution in [0.3, 0.4) is 0 Å². The number of aryl methyl sites for hydroxylation is 1. The molecular weight excluding hydrogens is 212 g/mol. The second-order valence-corrected chi connectivity index (χ2v) is 5.10. The highest BCUT2D eigenvalue weighted by Gasteiger charge is 2.31. The summed E-state index contributed by atoms with van der Waals surface area (Å²) in [7, 11) is 0. The van der Waals surface area contributed by atoms with Crippen molar-refractivity contribution >= 4 is 5.78 Å². The molecule has 0 radical (unpaired) electrons. The van der Waals surface area contributed by atoms with Gasteiger partial charge in [0, 0.05) is 18.7 Å². The van der Waals surface area contributed by atoms with E-state index in [0.29, 0.717) is 18.2 Å². The number of nitrogens with zero attached hydrogens (tertiary/aromatic N) is 1. The highest BCUT2D eigenvalue weighted by Crippen LogP contribution is 2.33. The van der Waals surface area contributed by atoms with Gasteiger partial charge in [-0.2, -0.15) is 0 Å². The van der Waals surface area contributed by atoms with Crippen LogP contribution in [0.1, 0.15) is 42.9 Å². The van der Waals surface area contributed by atoms with Crippen LogP contribution in [-0.2, 0) is 11.2 Å². The fourth-order valence-corrected chi connectivity index (χ4v) is 3.04. The van der Waals surface area contributed by atoms with Crippen LogP contribution in [0.5, 0.6) is 0 Å². The van der Waals surface area contributed by atoms with E-state index in [1.807, 2.05) is 6.07 Å². The zero-order chi connectivity index (χ0) is 11.7. The summed E-state index contributed by atoms with van der Waals surface area (Å²) in [5.41, 5.74) is 2.31. The van der Waals surface area contributed by atoms with Gasteiger partial charge in [0.05, 0.1) is 11.6 Å². The van der Waals surface area contributed by atoms with E-state index >= 15 is 0 Å². The van der Waals surface area contributed by atoms with Gasteiger partial charge in [-0.05, 0) is 43.9 Å². The molecule has 0 spiro atoms. The third-order valence-corrected chi connectivity index (χ3v) is 3.96. The van der Waals surface area contributed by atoms with Crippen LogP contribution in [-0.4, -0.2) is 23.4 Å². The van der Waals surface area contributed by atoms with Crippen molar-refractivity contribution in [2.75, 3.05) is 6.54 Å². The van der Waals surface area contributed by atoms with Gasteiger partial charge in [-0.15, -0.1) is 0 Å². The maximum atomic E-state index is 12.3. The number of carbonyl (C=O) groups excluding carboxylic acids is 1. The number of carbonyl (C=O) groups is 1. The topological polar surface area (TPSA) is 42.0 Å². The fraction of sp³-hybridized carbons (Fsp3) is 0.571. The molecule has 90 valence electrons. The van der Waals surface area contributed by atoms with Gasteiger partial charge >= 0.3 is 0 Å². The Kier molecular flexibility index (Phi) is 2.93. The van der Waals surface area contributed by atoms with Crippen LogP contribution in [0.2, 0.25) is 0 Å². The molecule has 1 saturated heterocycles. The molecule has 0 aromatic carbocycles. The molecule has 1 aliphatic carbocycles. The van der Waals surface area contributed by atoms with Crippen LogP contribution in [0, 0.1) is 0 Å². The van der Waals surface area contributed by atoms with Crippen LogP contribution < -0.4 is 5.32 Å². The number of nitrogens with one attached hydrogen (secondary N) is 1. The van der Waals surface area contributed by atoms with Crippen molar-refractivity contribution in [1.29, 1.82) is 0 Å². The van der Waals surface area contributed by atoms with E-state index in [1.165, 1.54) is 12.0 Å². The Hall–Kier alpha value is -1.22. The number of aromatic nitrogens is 1. The highest BCUT2D eigenvalue weighted by atomic mass is 16.1. The van der Waals surface area contributed by atoms with E-state index in [1.54, 1.807) is 6.20 Å². The molecule has 3 nitrogen and oxygen atoms in total. The van der Waals surface area contributed by atoms with E-state index in [0.717, 1.165) is 31.5 Å². The fourth-order valence-electron chi connectivity index (χ4n) is 3.04. The number of hydrogen-bond acceptors (Lipinski definition) is 3. The molecular formula is C14H18N2O. The van der Waals surface area contributed by atoms with Crippen molar-refractivity contribution in [1.82, 2.24) is 10.3 Å². The van der Waals surface area contributed by atoms with Crippen molar-refractivity contribution in [3.05, 3.63) is 29.6 Å². The summed E-state index contributed by atoms with van der Waals surface area (Å²) in [5, 5.41) is 3.39. The van der Waals surface area contributed by atoms with Crippen molar-refractivity contribution < 1.29 is 4.79 Å². The molecule has 0 amide bonds. The second-order valence-electron chi connectivity index (χ2n) is 5.10. The monoisotopic (exact) mass is 230 g/mol. The minimum atomic E-state index is 0.0635. The van der Waals surface area contributed by atoms with Crippen molar-refractivity contribution in [2.45, 2.75) is 44.1 Å². The molecule has 1 aromatic heterocycles. The van der Waals surface area contributed by atoms with Gasteiger partial charge in [-0.1, -0.05) is 6.07 Å². The summed E-state index contributed by atoms with van der Waals surface area (Å²) >= 11 is 0. The molecule has 2 heterocycles. The van der Waals surface area contributed by atoms with Crippen LogP contribution >= 0.6 is 0 Å². The highest BCUT2D eigenvalue weighted by molar-refractivity contribution is 5.86. The first-order valence-electron chi connectivity index (χ1n) is 6.54. The van der Waals surface area contributed by atoms with E-state index in [9.17, 15) is 4.79 Å². The average Bonchev–Trinajstić information content (AvgIpc) is 2.96. The first-order valence-corrected chi connectivity index (χ1v) is 6.54. The molecule has 0 saturated carbocycles. The predicted octanol–water partition coefficient (Wildman–Crippen LogP) is 1.82. The van der Waals surface area contributed by atoms with Gasteiger partial charge in [0.25, 0.3) is 0 Å². The van der Waals surface area contributed by atoms with Gasteiger partial charge < -0.3 is 5.32 Å². The normalized spacial score (nSPS) is 27.1. The summed E-state index contributed by atoms with van der Waals surface area (Å²) in [4.78, 5) is 16.7. The molecule has 1 N–H and O–H groups in total. The van der Waals surface area contributed by atoms with Crippen LogP contribution in [0.15, 0.2) is 18.3 Å². The van der Waals surface area contributed by atoms with Crippen molar-refractivity contribution in [2.24, 2.45) is 0 Å². The number of hydrogen-bond donors (Lipinski definition) is 1. The maximum absolute atomic E-state index is 12.3. The smallest absolute Gasteiger partial charge is 0.143 e. The molecule has 3 rings (SSSR count). The summed E-state index contributed by atoms with van der Waals surface area (Å²) < 4.78 is 0. The molecule has 1 aliphatic heterocycles. The Balaban J connectivity index is 1.71. The van der Waals surface area contributed by atoms with Gasteiger partial charge in [-0.3, -0.25) is 9.78 Å². The van der Waals surface area contributed by atoms with E-state index in [-0.39, 0.29) is 5.92 Å². The SMILES string of the molecule is O=C(CC1CCCN1)C1CCc2cccnc21. The van der Waals surface area contributed by atoms with Crippen molar-refractivity contribution in [3.63, 3.8) is 0 Å². The minimum Gasteiger partial charge on any atom is -0.314 e. The lowest BCUT2D eigenvalue weighted by molar-refractivity contribution is -0.120. The first kappa shape index (κ1) is 10.9. The van der Waals surface area contributed by atoms with E-state index < -0.39 is 0 Å².